The molecule has 42 heavy (non-hydrogen) atoms. The maximum Gasteiger partial charge on any atom is 0.308 e. The van der Waals surface area contributed by atoms with Crippen molar-refractivity contribution in [2.75, 3.05) is 5.32 Å². The number of carbonyl (C=O) groups is 4. The van der Waals surface area contributed by atoms with Gasteiger partial charge in [-0.3, -0.25) is 24.5 Å². The van der Waals surface area contributed by atoms with Crippen molar-refractivity contribution in [2.45, 2.75) is 59.8 Å². The Labute approximate surface area is 250 Å². The number of esters is 2. The van der Waals surface area contributed by atoms with Crippen LogP contribution in [0.2, 0.25) is 0 Å². The van der Waals surface area contributed by atoms with Gasteiger partial charge < -0.3 is 9.47 Å². The van der Waals surface area contributed by atoms with Crippen molar-refractivity contribution >= 4 is 51.4 Å². The van der Waals surface area contributed by atoms with Crippen molar-refractivity contribution in [1.82, 2.24) is 20.4 Å². The van der Waals surface area contributed by atoms with E-state index in [1.165, 1.54) is 36.5 Å². The Morgan fingerprint density at radius 1 is 0.714 bits per heavy atom. The molecule has 0 aliphatic carbocycles. The van der Waals surface area contributed by atoms with Gasteiger partial charge in [0.05, 0.1) is 6.42 Å². The standard InChI is InChI=1S/C29H29N5O6S2/c1-16-20(9-7-11-23(16)39-18(3)35)22(37)15-27-33-31-25(41-27)13-5-6-14-26-32-34-29(42-26)30-28(38)21-10-8-12-24(17(21)2)40-19(4)36/h7-12H,5-6,13-15H2,1-4H3,(H,30,34,38). The number of ketones is 1. The molecule has 4 aromatic rings. The molecular weight excluding hydrogens is 578 g/mol. The molecule has 2 aromatic carbocycles. The number of rotatable bonds is 12. The number of Topliss-reactive ketones (excluding diaryl/α,β-unsaturated/α-hetero) is 1. The highest BCUT2D eigenvalue weighted by molar-refractivity contribution is 7.15. The Bertz CT molecular complexity index is 1510. The van der Waals surface area contributed by atoms with E-state index in [0.29, 0.717) is 56.7 Å². The molecule has 0 aliphatic rings. The quantitative estimate of drug-likeness (QED) is 0.0997. The van der Waals surface area contributed by atoms with Crippen LogP contribution in [0.5, 0.6) is 11.5 Å². The summed E-state index contributed by atoms with van der Waals surface area (Å²) in [4.78, 5) is 48.2. The summed E-state index contributed by atoms with van der Waals surface area (Å²) in [6.07, 6.45) is 3.20. The predicted octanol–water partition coefficient (Wildman–Crippen LogP) is 5.10. The summed E-state index contributed by atoms with van der Waals surface area (Å²) >= 11 is 2.71. The van der Waals surface area contributed by atoms with Crippen molar-refractivity contribution in [3.8, 4) is 11.5 Å². The lowest BCUT2D eigenvalue weighted by atomic mass is 10.0. The lowest BCUT2D eigenvalue weighted by Crippen LogP contribution is -2.14. The summed E-state index contributed by atoms with van der Waals surface area (Å²) in [6.45, 7) is 6.09. The van der Waals surface area contributed by atoms with Crippen LogP contribution in [0.3, 0.4) is 0 Å². The van der Waals surface area contributed by atoms with E-state index in [2.05, 4.69) is 25.7 Å². The SMILES string of the molecule is CC(=O)Oc1cccc(C(=O)Cc2nnc(CCCCc3nnc(NC(=O)c4cccc(OC(C)=O)c4C)s3)s2)c1C. The van der Waals surface area contributed by atoms with Crippen LogP contribution in [0.25, 0.3) is 0 Å². The minimum absolute atomic E-state index is 0.115. The fourth-order valence-electron chi connectivity index (χ4n) is 4.12. The third-order valence-electron chi connectivity index (χ3n) is 6.16. The van der Waals surface area contributed by atoms with Gasteiger partial charge >= 0.3 is 11.9 Å². The number of ether oxygens (including phenoxy) is 2. The zero-order valence-electron chi connectivity index (χ0n) is 23.6. The summed E-state index contributed by atoms with van der Waals surface area (Å²) in [6, 6.07) is 9.99. The summed E-state index contributed by atoms with van der Waals surface area (Å²) in [5.41, 5.74) is 2.05. The van der Waals surface area contributed by atoms with Gasteiger partial charge in [0.15, 0.2) is 5.78 Å². The van der Waals surface area contributed by atoms with Gasteiger partial charge in [-0.15, -0.1) is 31.7 Å². The molecule has 0 saturated carbocycles. The van der Waals surface area contributed by atoms with E-state index in [9.17, 15) is 19.2 Å². The van der Waals surface area contributed by atoms with Crippen molar-refractivity contribution < 1.29 is 28.7 Å². The van der Waals surface area contributed by atoms with E-state index in [1.54, 1.807) is 50.2 Å². The van der Waals surface area contributed by atoms with E-state index in [-0.39, 0.29) is 18.1 Å². The molecule has 0 aliphatic heterocycles. The van der Waals surface area contributed by atoms with Crippen molar-refractivity contribution in [3.63, 3.8) is 0 Å². The lowest BCUT2D eigenvalue weighted by Gasteiger charge is -2.09. The molecule has 0 radical (unpaired) electrons. The zero-order valence-corrected chi connectivity index (χ0v) is 25.2. The first-order valence-corrected chi connectivity index (χ1v) is 14.8. The molecule has 0 fully saturated rings. The van der Waals surface area contributed by atoms with Crippen molar-refractivity contribution in [1.29, 1.82) is 0 Å². The van der Waals surface area contributed by atoms with Gasteiger partial charge in [0.25, 0.3) is 5.91 Å². The molecule has 2 heterocycles. The highest BCUT2D eigenvalue weighted by Crippen LogP contribution is 2.25. The molecule has 218 valence electrons. The number of nitrogens with one attached hydrogen (secondary N) is 1. The van der Waals surface area contributed by atoms with Crippen LogP contribution < -0.4 is 14.8 Å². The van der Waals surface area contributed by atoms with Crippen LogP contribution in [0.1, 0.15) is 73.6 Å². The molecule has 0 unspecified atom stereocenters. The minimum atomic E-state index is -0.457. The van der Waals surface area contributed by atoms with E-state index in [0.717, 1.165) is 22.9 Å². The van der Waals surface area contributed by atoms with Gasteiger partial charge in [-0.1, -0.05) is 29.5 Å². The highest BCUT2D eigenvalue weighted by atomic mass is 32.1. The van der Waals surface area contributed by atoms with Gasteiger partial charge in [-0.05, 0) is 44.9 Å². The molecule has 11 nitrogen and oxygen atoms in total. The maximum atomic E-state index is 12.9. The number of amides is 1. The Morgan fingerprint density at radius 3 is 1.86 bits per heavy atom. The van der Waals surface area contributed by atoms with E-state index in [4.69, 9.17) is 9.47 Å². The largest absolute Gasteiger partial charge is 0.426 e. The minimum Gasteiger partial charge on any atom is -0.426 e. The molecule has 1 N–H and O–H groups in total. The van der Waals surface area contributed by atoms with Gasteiger partial charge in [-0.2, -0.15) is 0 Å². The molecule has 0 spiro atoms. The van der Waals surface area contributed by atoms with E-state index in [1.807, 2.05) is 0 Å². The third-order valence-corrected chi connectivity index (χ3v) is 8.04. The maximum absolute atomic E-state index is 12.9. The molecule has 4 rings (SSSR count). The molecule has 0 atom stereocenters. The van der Waals surface area contributed by atoms with Crippen LogP contribution >= 0.6 is 22.7 Å². The summed E-state index contributed by atoms with van der Waals surface area (Å²) in [7, 11) is 0. The number of anilines is 1. The second-order valence-corrected chi connectivity index (χ2v) is 11.6. The lowest BCUT2D eigenvalue weighted by molar-refractivity contribution is -0.132. The number of carbonyl (C=O) groups excluding carboxylic acids is 4. The second kappa shape index (κ2) is 14.0. The third kappa shape index (κ3) is 8.10. The van der Waals surface area contributed by atoms with Crippen LogP contribution in [0.4, 0.5) is 5.13 Å². The van der Waals surface area contributed by atoms with Crippen LogP contribution in [-0.4, -0.2) is 44.0 Å². The second-order valence-electron chi connectivity index (χ2n) is 9.40. The van der Waals surface area contributed by atoms with Gasteiger partial charge in [0, 0.05) is 48.9 Å². The first-order chi connectivity index (χ1) is 20.1. The van der Waals surface area contributed by atoms with Crippen LogP contribution in [-0.2, 0) is 28.9 Å². The number of aromatic nitrogens is 4. The first kappa shape index (κ1) is 30.6. The molecule has 2 aromatic heterocycles. The van der Waals surface area contributed by atoms with Crippen LogP contribution in [0.15, 0.2) is 36.4 Å². The van der Waals surface area contributed by atoms with E-state index < -0.39 is 11.9 Å². The molecular formula is C29H29N5O6S2. The normalized spacial score (nSPS) is 10.8. The Kier molecular flexibility index (Phi) is 10.2. The number of benzene rings is 2. The fourth-order valence-corrected chi connectivity index (χ4v) is 5.78. The number of aryl methyl sites for hydroxylation is 2. The molecule has 0 bridgehead atoms. The topological polar surface area (TPSA) is 150 Å². The average molecular weight is 608 g/mol. The predicted molar refractivity (Wildman–Crippen MR) is 157 cm³/mol. The number of unbranched alkanes of at least 4 members (excludes halogenated alkanes) is 1. The molecule has 1 amide bonds. The highest BCUT2D eigenvalue weighted by Gasteiger charge is 2.18. The van der Waals surface area contributed by atoms with Crippen molar-refractivity contribution in [2.24, 2.45) is 0 Å². The number of hydrogen-bond acceptors (Lipinski definition) is 12. The zero-order chi connectivity index (χ0) is 30.2. The molecule has 13 heteroatoms. The summed E-state index contributed by atoms with van der Waals surface area (Å²) in [5, 5.41) is 22.1. The number of nitrogens with zero attached hydrogens (tertiary/aromatic N) is 4. The summed E-state index contributed by atoms with van der Waals surface area (Å²) < 4.78 is 10.3. The van der Waals surface area contributed by atoms with E-state index >= 15 is 0 Å². The first-order valence-electron chi connectivity index (χ1n) is 13.1. The fraction of sp³-hybridized carbons (Fsp3) is 0.310. The Balaban J connectivity index is 1.24. The van der Waals surface area contributed by atoms with Crippen molar-refractivity contribution in [3.05, 3.63) is 73.7 Å². The molecule has 0 saturated heterocycles. The Morgan fingerprint density at radius 2 is 1.24 bits per heavy atom. The average Bonchev–Trinajstić information content (AvgIpc) is 3.57. The van der Waals surface area contributed by atoms with Gasteiger partial charge in [0.2, 0.25) is 5.13 Å². The number of hydrogen-bond donors (Lipinski definition) is 1. The Hall–Kier alpha value is -4.36. The van der Waals surface area contributed by atoms with Crippen LogP contribution in [0, 0.1) is 13.8 Å². The smallest absolute Gasteiger partial charge is 0.308 e. The van der Waals surface area contributed by atoms with Gasteiger partial charge in [-0.25, -0.2) is 0 Å². The van der Waals surface area contributed by atoms with Gasteiger partial charge in [0.1, 0.15) is 26.5 Å². The summed E-state index contributed by atoms with van der Waals surface area (Å²) in [5.74, 6) is -0.662. The monoisotopic (exact) mass is 607 g/mol.